The SMILES string of the molecule is CCS(=O)(=O)N1C[C@H](C(=O)N[C@@H]2CCCc3ccccc32)Oc2ccccc21. The third-order valence-electron chi connectivity index (χ3n) is 5.41. The molecule has 1 aliphatic carbocycles. The Kier molecular flexibility index (Phi) is 5.02. The molecule has 7 heteroatoms. The van der Waals surface area contributed by atoms with E-state index >= 15 is 0 Å². The first-order valence-corrected chi connectivity index (χ1v) is 11.2. The standard InChI is InChI=1S/C21H24N2O4S/c1-2-28(25,26)23-14-20(27-19-13-6-5-12-18(19)23)21(24)22-17-11-7-9-15-8-3-4-10-16(15)17/h3-6,8,10,12-13,17,20H,2,7,9,11,14H2,1H3,(H,22,24)/t17-,20-/m1/s1. The molecule has 2 atom stereocenters. The van der Waals surface area contributed by atoms with Gasteiger partial charge in [-0.25, -0.2) is 8.42 Å². The van der Waals surface area contributed by atoms with E-state index in [2.05, 4.69) is 11.4 Å². The molecular weight excluding hydrogens is 376 g/mol. The van der Waals surface area contributed by atoms with Crippen molar-refractivity contribution in [1.29, 1.82) is 0 Å². The van der Waals surface area contributed by atoms with Crippen molar-refractivity contribution < 1.29 is 17.9 Å². The Morgan fingerprint density at radius 3 is 2.75 bits per heavy atom. The molecule has 0 fully saturated rings. The minimum atomic E-state index is -3.51. The number of anilines is 1. The Balaban J connectivity index is 1.58. The van der Waals surface area contributed by atoms with Crippen LogP contribution < -0.4 is 14.4 Å². The summed E-state index contributed by atoms with van der Waals surface area (Å²) in [5, 5.41) is 3.08. The van der Waals surface area contributed by atoms with Gasteiger partial charge < -0.3 is 10.1 Å². The summed E-state index contributed by atoms with van der Waals surface area (Å²) in [5.41, 5.74) is 2.87. The molecule has 148 valence electrons. The van der Waals surface area contributed by atoms with Crippen LogP contribution in [0.4, 0.5) is 5.69 Å². The van der Waals surface area contributed by atoms with Crippen molar-refractivity contribution in [3.8, 4) is 5.75 Å². The van der Waals surface area contributed by atoms with Crippen molar-refractivity contribution in [3.05, 3.63) is 59.7 Å². The number of carbonyl (C=O) groups excluding carboxylic acids is 1. The average Bonchev–Trinajstić information content (AvgIpc) is 2.73. The fourth-order valence-corrected chi connectivity index (χ4v) is 5.05. The second-order valence-corrected chi connectivity index (χ2v) is 9.34. The number of sulfonamides is 1. The van der Waals surface area contributed by atoms with Crippen LogP contribution in [0.2, 0.25) is 0 Å². The van der Waals surface area contributed by atoms with Crippen molar-refractivity contribution in [2.24, 2.45) is 0 Å². The molecule has 4 rings (SSSR count). The smallest absolute Gasteiger partial charge is 0.263 e. The number of hydrogen-bond donors (Lipinski definition) is 1. The van der Waals surface area contributed by atoms with Crippen LogP contribution in [-0.2, 0) is 21.2 Å². The van der Waals surface area contributed by atoms with Crippen molar-refractivity contribution in [2.45, 2.75) is 38.3 Å². The maximum Gasteiger partial charge on any atom is 0.263 e. The number of benzene rings is 2. The first-order valence-electron chi connectivity index (χ1n) is 9.64. The zero-order valence-electron chi connectivity index (χ0n) is 15.8. The van der Waals surface area contributed by atoms with Gasteiger partial charge in [0.15, 0.2) is 6.10 Å². The number of para-hydroxylation sites is 2. The monoisotopic (exact) mass is 400 g/mol. The summed E-state index contributed by atoms with van der Waals surface area (Å²) in [7, 11) is -3.51. The van der Waals surface area contributed by atoms with Crippen LogP contribution in [-0.4, -0.2) is 32.7 Å². The molecule has 6 nitrogen and oxygen atoms in total. The van der Waals surface area contributed by atoms with Gasteiger partial charge in [-0.2, -0.15) is 0 Å². The lowest BCUT2D eigenvalue weighted by atomic mass is 9.87. The number of fused-ring (bicyclic) bond motifs is 2. The van der Waals surface area contributed by atoms with E-state index in [1.165, 1.54) is 9.87 Å². The molecular formula is C21H24N2O4S. The number of nitrogens with zero attached hydrogens (tertiary/aromatic N) is 1. The van der Waals surface area contributed by atoms with Crippen molar-refractivity contribution in [1.82, 2.24) is 5.32 Å². The average molecular weight is 401 g/mol. The fourth-order valence-electron chi connectivity index (χ4n) is 3.93. The van der Waals surface area contributed by atoms with Crippen LogP contribution in [0.5, 0.6) is 5.75 Å². The Hall–Kier alpha value is -2.54. The Morgan fingerprint density at radius 2 is 1.93 bits per heavy atom. The van der Waals surface area contributed by atoms with E-state index in [-0.39, 0.29) is 24.2 Å². The highest BCUT2D eigenvalue weighted by Gasteiger charge is 2.37. The highest BCUT2D eigenvalue weighted by molar-refractivity contribution is 7.92. The van der Waals surface area contributed by atoms with E-state index in [1.54, 1.807) is 31.2 Å². The molecule has 0 unspecified atom stereocenters. The van der Waals surface area contributed by atoms with Gasteiger partial charge in [0.05, 0.1) is 24.0 Å². The Labute approximate surface area is 165 Å². The van der Waals surface area contributed by atoms with Gasteiger partial charge in [0, 0.05) is 0 Å². The van der Waals surface area contributed by atoms with Crippen LogP contribution >= 0.6 is 0 Å². The van der Waals surface area contributed by atoms with Crippen LogP contribution in [0.3, 0.4) is 0 Å². The van der Waals surface area contributed by atoms with Crippen LogP contribution in [0, 0.1) is 0 Å². The molecule has 0 spiro atoms. The van der Waals surface area contributed by atoms with Gasteiger partial charge >= 0.3 is 0 Å². The van der Waals surface area contributed by atoms with Crippen LogP contribution in [0.15, 0.2) is 48.5 Å². The third-order valence-corrected chi connectivity index (χ3v) is 7.16. The molecule has 28 heavy (non-hydrogen) atoms. The number of carbonyl (C=O) groups is 1. The van der Waals surface area contributed by atoms with Gasteiger partial charge in [-0.1, -0.05) is 36.4 Å². The topological polar surface area (TPSA) is 75.7 Å². The summed E-state index contributed by atoms with van der Waals surface area (Å²) in [5.74, 6) is 0.0913. The zero-order chi connectivity index (χ0) is 19.7. The highest BCUT2D eigenvalue weighted by atomic mass is 32.2. The summed E-state index contributed by atoms with van der Waals surface area (Å²) < 4.78 is 32.3. The largest absolute Gasteiger partial charge is 0.476 e. The minimum Gasteiger partial charge on any atom is -0.476 e. The fraction of sp³-hybridized carbons (Fsp3) is 0.381. The summed E-state index contributed by atoms with van der Waals surface area (Å²) in [6.45, 7) is 1.58. The lowest BCUT2D eigenvalue weighted by molar-refractivity contribution is -0.128. The van der Waals surface area contributed by atoms with E-state index < -0.39 is 16.1 Å². The number of ether oxygens (including phenoxy) is 1. The van der Waals surface area contributed by atoms with Crippen molar-refractivity contribution >= 4 is 21.6 Å². The number of amides is 1. The summed E-state index contributed by atoms with van der Waals surface area (Å²) in [6.07, 6.45) is 2.00. The van der Waals surface area contributed by atoms with Crippen molar-refractivity contribution in [3.63, 3.8) is 0 Å². The summed E-state index contributed by atoms with van der Waals surface area (Å²) >= 11 is 0. The van der Waals surface area contributed by atoms with E-state index in [1.807, 2.05) is 18.2 Å². The molecule has 1 N–H and O–H groups in total. The second kappa shape index (κ2) is 7.47. The number of rotatable bonds is 4. The first-order chi connectivity index (χ1) is 13.5. The molecule has 2 aromatic rings. The molecule has 2 aliphatic rings. The lowest BCUT2D eigenvalue weighted by Crippen LogP contribution is -2.51. The molecule has 0 radical (unpaired) electrons. The quantitative estimate of drug-likeness (QED) is 0.856. The molecule has 0 bridgehead atoms. The normalized spacial score (nSPS) is 21.2. The van der Waals surface area contributed by atoms with Gasteiger partial charge in [0.25, 0.3) is 5.91 Å². The third kappa shape index (κ3) is 3.46. The van der Waals surface area contributed by atoms with E-state index in [0.717, 1.165) is 24.8 Å². The Bertz CT molecular complexity index is 989. The second-order valence-electron chi connectivity index (χ2n) is 7.16. The van der Waals surface area contributed by atoms with Gasteiger partial charge in [0.2, 0.25) is 10.0 Å². The van der Waals surface area contributed by atoms with Crippen LogP contribution in [0.25, 0.3) is 0 Å². The molecule has 0 aromatic heterocycles. The van der Waals surface area contributed by atoms with Gasteiger partial charge in [0.1, 0.15) is 5.75 Å². The molecule has 0 saturated carbocycles. The predicted octanol–water partition coefficient (Wildman–Crippen LogP) is 2.80. The van der Waals surface area contributed by atoms with Crippen molar-refractivity contribution in [2.75, 3.05) is 16.6 Å². The number of aryl methyl sites for hydroxylation is 1. The van der Waals surface area contributed by atoms with E-state index in [4.69, 9.17) is 4.74 Å². The van der Waals surface area contributed by atoms with Gasteiger partial charge in [-0.05, 0) is 49.4 Å². The zero-order valence-corrected chi connectivity index (χ0v) is 16.6. The first kappa shape index (κ1) is 18.8. The van der Waals surface area contributed by atoms with Gasteiger partial charge in [-0.15, -0.1) is 0 Å². The molecule has 1 amide bonds. The van der Waals surface area contributed by atoms with E-state index in [9.17, 15) is 13.2 Å². The number of nitrogens with one attached hydrogen (secondary N) is 1. The Morgan fingerprint density at radius 1 is 1.18 bits per heavy atom. The molecule has 1 heterocycles. The summed E-state index contributed by atoms with van der Waals surface area (Å²) in [4.78, 5) is 13.0. The minimum absolute atomic E-state index is 0.0204. The highest BCUT2D eigenvalue weighted by Crippen LogP contribution is 2.35. The maximum absolute atomic E-state index is 13.0. The molecule has 1 aliphatic heterocycles. The number of hydrogen-bond acceptors (Lipinski definition) is 4. The molecule has 2 aromatic carbocycles. The summed E-state index contributed by atoms with van der Waals surface area (Å²) in [6, 6.07) is 15.0. The van der Waals surface area contributed by atoms with E-state index in [0.29, 0.717) is 11.4 Å². The lowest BCUT2D eigenvalue weighted by Gasteiger charge is -2.35. The maximum atomic E-state index is 13.0. The molecule has 0 saturated heterocycles. The predicted molar refractivity (Wildman–Crippen MR) is 108 cm³/mol. The van der Waals surface area contributed by atoms with Gasteiger partial charge in [-0.3, -0.25) is 9.10 Å². The van der Waals surface area contributed by atoms with Crippen LogP contribution in [0.1, 0.15) is 36.9 Å².